The van der Waals surface area contributed by atoms with Crippen LogP contribution in [0.1, 0.15) is 67.8 Å². The average Bonchev–Trinajstić information content (AvgIpc) is 3.22. The van der Waals surface area contributed by atoms with Crippen LogP contribution >= 0.6 is 11.3 Å². The molecule has 0 amide bonds. The zero-order valence-corrected chi connectivity index (χ0v) is 21.8. The predicted octanol–water partition coefficient (Wildman–Crippen LogP) is 5.67. The fourth-order valence-corrected chi connectivity index (χ4v) is 7.36. The van der Waals surface area contributed by atoms with Crippen LogP contribution in [0.25, 0.3) is 0 Å². The summed E-state index contributed by atoms with van der Waals surface area (Å²) >= 11 is 1.57. The Hall–Kier alpha value is -2.77. The first-order chi connectivity index (χ1) is 16.8. The van der Waals surface area contributed by atoms with Gasteiger partial charge in [-0.1, -0.05) is 31.2 Å². The van der Waals surface area contributed by atoms with Crippen molar-refractivity contribution in [3.05, 3.63) is 80.5 Å². The van der Waals surface area contributed by atoms with E-state index in [2.05, 4.69) is 0 Å². The van der Waals surface area contributed by atoms with Crippen LogP contribution in [0.5, 0.6) is 5.75 Å². The molecule has 184 valence electrons. The Morgan fingerprint density at radius 2 is 1.71 bits per heavy atom. The number of hydrogen-bond donors (Lipinski definition) is 0. The highest BCUT2D eigenvalue weighted by Gasteiger charge is 2.27. The fourth-order valence-electron chi connectivity index (χ4n) is 4.59. The van der Waals surface area contributed by atoms with Crippen LogP contribution in [-0.4, -0.2) is 32.8 Å². The van der Waals surface area contributed by atoms with Gasteiger partial charge >= 0.3 is 0 Å². The number of thiophene rings is 1. The van der Waals surface area contributed by atoms with Crippen LogP contribution in [-0.2, 0) is 35.5 Å². The van der Waals surface area contributed by atoms with E-state index in [1.54, 1.807) is 30.6 Å². The summed E-state index contributed by atoms with van der Waals surface area (Å²) in [5.41, 5.74) is 3.06. The molecule has 0 spiro atoms. The molecule has 2 aromatic carbocycles. The molecular weight excluding hydrogens is 480 g/mol. The molecule has 0 fully saturated rings. The predicted molar refractivity (Wildman–Crippen MR) is 139 cm³/mol. The third-order valence-corrected chi connectivity index (χ3v) is 9.57. The standard InChI is InChI=1S/C28H30O5S2/c1-3-15-35(31,32)22-8-6-7-20(17-22)24(29)18-27-28(23-9-4-5-10-26(23)34-27)25(30)16-19-11-13-21(33-2)14-12-19/h6-8,11-14,17H,3-5,9-10,15-16,18H2,1-2H3. The summed E-state index contributed by atoms with van der Waals surface area (Å²) in [6.07, 6.45) is 4.79. The van der Waals surface area contributed by atoms with Gasteiger partial charge in [0.15, 0.2) is 21.4 Å². The molecule has 1 heterocycles. The number of Topliss-reactive ketones (excluding diaryl/α,β-unsaturated/α-hetero) is 2. The lowest BCUT2D eigenvalue weighted by Gasteiger charge is -2.13. The number of rotatable bonds is 10. The largest absolute Gasteiger partial charge is 0.497 e. The second-order valence-corrected chi connectivity index (χ2v) is 12.2. The van der Waals surface area contributed by atoms with Gasteiger partial charge in [0, 0.05) is 33.7 Å². The molecule has 0 saturated carbocycles. The minimum atomic E-state index is -3.42. The molecule has 1 aromatic heterocycles. The van der Waals surface area contributed by atoms with Gasteiger partial charge in [-0.3, -0.25) is 9.59 Å². The third kappa shape index (κ3) is 5.73. The minimum Gasteiger partial charge on any atom is -0.497 e. The number of aryl methyl sites for hydroxylation is 1. The van der Waals surface area contributed by atoms with Crippen molar-refractivity contribution in [1.29, 1.82) is 0 Å². The van der Waals surface area contributed by atoms with Crippen molar-refractivity contribution in [1.82, 2.24) is 0 Å². The Morgan fingerprint density at radius 1 is 0.971 bits per heavy atom. The quantitative estimate of drug-likeness (QED) is 0.329. The van der Waals surface area contributed by atoms with E-state index < -0.39 is 9.84 Å². The minimum absolute atomic E-state index is 0.0247. The Kier molecular flexibility index (Phi) is 7.87. The zero-order valence-electron chi connectivity index (χ0n) is 20.1. The van der Waals surface area contributed by atoms with Crippen molar-refractivity contribution in [3.8, 4) is 5.75 Å². The molecule has 1 aliphatic carbocycles. The average molecular weight is 511 g/mol. The number of methoxy groups -OCH3 is 1. The second kappa shape index (κ2) is 10.9. The fraction of sp³-hybridized carbons (Fsp3) is 0.357. The highest BCUT2D eigenvalue weighted by Crippen LogP contribution is 2.36. The highest BCUT2D eigenvalue weighted by atomic mass is 32.2. The summed E-state index contributed by atoms with van der Waals surface area (Å²) < 4.78 is 30.2. The normalized spacial score (nSPS) is 13.3. The molecule has 1 aliphatic rings. The van der Waals surface area contributed by atoms with Gasteiger partial charge in [0.1, 0.15) is 5.75 Å². The lowest BCUT2D eigenvalue weighted by molar-refractivity contribution is 0.0989. The monoisotopic (exact) mass is 510 g/mol. The molecule has 4 rings (SSSR count). The summed E-state index contributed by atoms with van der Waals surface area (Å²) in [6, 6.07) is 13.7. The summed E-state index contributed by atoms with van der Waals surface area (Å²) in [4.78, 5) is 28.9. The number of hydrogen-bond acceptors (Lipinski definition) is 6. The molecule has 0 N–H and O–H groups in total. The summed E-state index contributed by atoms with van der Waals surface area (Å²) in [7, 11) is -1.81. The number of carbonyl (C=O) groups excluding carboxylic acids is 2. The first kappa shape index (κ1) is 25.3. The van der Waals surface area contributed by atoms with Crippen molar-refractivity contribution >= 4 is 32.7 Å². The van der Waals surface area contributed by atoms with Crippen molar-refractivity contribution in [2.75, 3.05) is 12.9 Å². The van der Waals surface area contributed by atoms with Gasteiger partial charge in [-0.25, -0.2) is 8.42 Å². The smallest absolute Gasteiger partial charge is 0.178 e. The lowest BCUT2D eigenvalue weighted by Crippen LogP contribution is -2.13. The molecule has 3 aromatic rings. The Morgan fingerprint density at radius 3 is 2.43 bits per heavy atom. The van der Waals surface area contributed by atoms with Gasteiger partial charge in [-0.05, 0) is 67.5 Å². The van der Waals surface area contributed by atoms with E-state index in [4.69, 9.17) is 4.74 Å². The maximum Gasteiger partial charge on any atom is 0.178 e. The second-order valence-electron chi connectivity index (χ2n) is 8.90. The highest BCUT2D eigenvalue weighted by molar-refractivity contribution is 7.91. The summed E-state index contributed by atoms with van der Waals surface area (Å²) in [5.74, 6) is 0.641. The van der Waals surface area contributed by atoms with Gasteiger partial charge in [0.2, 0.25) is 0 Å². The van der Waals surface area contributed by atoms with Crippen LogP contribution in [0.3, 0.4) is 0 Å². The van der Waals surface area contributed by atoms with E-state index in [0.717, 1.165) is 47.4 Å². The molecule has 0 aliphatic heterocycles. The van der Waals surface area contributed by atoms with E-state index in [1.165, 1.54) is 17.0 Å². The van der Waals surface area contributed by atoms with Crippen molar-refractivity contribution in [2.45, 2.75) is 56.8 Å². The maximum absolute atomic E-state index is 13.5. The number of carbonyl (C=O) groups is 2. The number of benzene rings is 2. The van der Waals surface area contributed by atoms with E-state index in [-0.39, 0.29) is 35.1 Å². The summed E-state index contributed by atoms with van der Waals surface area (Å²) in [5, 5.41) is 0. The van der Waals surface area contributed by atoms with E-state index >= 15 is 0 Å². The van der Waals surface area contributed by atoms with Gasteiger partial charge in [-0.2, -0.15) is 0 Å². The van der Waals surface area contributed by atoms with Crippen LogP contribution in [0.4, 0.5) is 0 Å². The van der Waals surface area contributed by atoms with E-state index in [9.17, 15) is 18.0 Å². The number of fused-ring (bicyclic) bond motifs is 1. The SMILES string of the molecule is CCCS(=O)(=O)c1cccc(C(=O)Cc2sc3c(c2C(=O)Cc2ccc(OC)cc2)CCCC3)c1. The van der Waals surface area contributed by atoms with E-state index in [0.29, 0.717) is 17.5 Å². The van der Waals surface area contributed by atoms with Crippen LogP contribution < -0.4 is 4.74 Å². The molecule has 0 atom stereocenters. The van der Waals surface area contributed by atoms with Crippen molar-refractivity contribution in [2.24, 2.45) is 0 Å². The molecule has 0 unspecified atom stereocenters. The van der Waals surface area contributed by atoms with Gasteiger partial charge < -0.3 is 4.74 Å². The molecule has 0 saturated heterocycles. The Balaban J connectivity index is 1.62. The van der Waals surface area contributed by atoms with Gasteiger partial charge in [-0.15, -0.1) is 11.3 Å². The van der Waals surface area contributed by atoms with Gasteiger partial charge in [0.25, 0.3) is 0 Å². The number of ketones is 2. The molecule has 0 radical (unpaired) electrons. The Bertz CT molecular complexity index is 1330. The molecular formula is C28H30O5S2. The Labute approximate surface area is 211 Å². The first-order valence-electron chi connectivity index (χ1n) is 12.0. The molecule has 35 heavy (non-hydrogen) atoms. The van der Waals surface area contributed by atoms with Crippen LogP contribution in [0.2, 0.25) is 0 Å². The molecule has 7 heteroatoms. The lowest BCUT2D eigenvalue weighted by atomic mass is 9.90. The number of ether oxygens (including phenoxy) is 1. The van der Waals surface area contributed by atoms with Crippen molar-refractivity contribution < 1.29 is 22.7 Å². The topological polar surface area (TPSA) is 77.5 Å². The molecule has 5 nitrogen and oxygen atoms in total. The maximum atomic E-state index is 13.5. The number of sulfone groups is 1. The van der Waals surface area contributed by atoms with Crippen molar-refractivity contribution in [3.63, 3.8) is 0 Å². The summed E-state index contributed by atoms with van der Waals surface area (Å²) in [6.45, 7) is 1.82. The third-order valence-electron chi connectivity index (χ3n) is 6.36. The molecule has 0 bridgehead atoms. The van der Waals surface area contributed by atoms with Crippen LogP contribution in [0, 0.1) is 0 Å². The van der Waals surface area contributed by atoms with Gasteiger partial charge in [0.05, 0.1) is 17.8 Å². The van der Waals surface area contributed by atoms with Crippen LogP contribution in [0.15, 0.2) is 53.4 Å². The first-order valence-corrected chi connectivity index (χ1v) is 14.4. The zero-order chi connectivity index (χ0) is 25.0. The van der Waals surface area contributed by atoms with E-state index in [1.807, 2.05) is 31.2 Å².